The van der Waals surface area contributed by atoms with Gasteiger partial charge in [-0.15, -0.1) is 10.8 Å². The lowest BCUT2D eigenvalue weighted by molar-refractivity contribution is 0.172. The normalized spacial score (nSPS) is 13.9. The average Bonchev–Trinajstić information content (AvgIpc) is 3.33. The number of fused-ring (bicyclic) bond motifs is 2. The highest BCUT2D eigenvalue weighted by Gasteiger charge is 2.28. The number of nitrogens with zero attached hydrogens (tertiary/aromatic N) is 2. The third-order valence-corrected chi connectivity index (χ3v) is 8.17. The summed E-state index contributed by atoms with van der Waals surface area (Å²) in [6.07, 6.45) is 1.87. The topological polar surface area (TPSA) is 65.4 Å². The summed E-state index contributed by atoms with van der Waals surface area (Å²) < 4.78 is 36.0. The fourth-order valence-electron chi connectivity index (χ4n) is 4.25. The second-order valence-electron chi connectivity index (χ2n) is 8.28. The minimum Gasteiger partial charge on any atom is -0.454 e. The van der Waals surface area contributed by atoms with E-state index in [1.54, 1.807) is 4.31 Å². The summed E-state index contributed by atoms with van der Waals surface area (Å²) in [4.78, 5) is 2.93. The van der Waals surface area contributed by atoms with Gasteiger partial charge in [0, 0.05) is 18.7 Å². The van der Waals surface area contributed by atoms with Gasteiger partial charge in [0.25, 0.3) is 0 Å². The van der Waals surface area contributed by atoms with E-state index in [0.717, 1.165) is 48.8 Å². The van der Waals surface area contributed by atoms with Gasteiger partial charge in [-0.1, -0.05) is 56.3 Å². The van der Waals surface area contributed by atoms with Crippen molar-refractivity contribution in [2.24, 2.45) is 0 Å². The standard InChI is InChI=1S/C26H34N2O4S/c1-3-27(4-2)16-7-8-17-28(19-23-12-9-13-25-26(23)32-20-31-25)33(29,30)24-15-14-21-10-5-6-11-22(21)18-24/h5-6,9-15,18,29-30H,3-4,7-8,16-17,19-20H2,1-2H3. The maximum absolute atomic E-state index is 11.5. The van der Waals surface area contributed by atoms with Gasteiger partial charge in [0.1, 0.15) is 0 Å². The van der Waals surface area contributed by atoms with Gasteiger partial charge in [0.05, 0.1) is 4.90 Å². The van der Waals surface area contributed by atoms with Crippen LogP contribution in [0.2, 0.25) is 0 Å². The predicted octanol–water partition coefficient (Wildman–Crippen LogP) is 6.22. The van der Waals surface area contributed by atoms with Crippen LogP contribution < -0.4 is 9.47 Å². The van der Waals surface area contributed by atoms with E-state index in [2.05, 4.69) is 18.7 Å². The summed E-state index contributed by atoms with van der Waals surface area (Å²) in [5.74, 6) is 1.40. The Balaban J connectivity index is 1.58. The van der Waals surface area contributed by atoms with E-state index < -0.39 is 10.8 Å². The second-order valence-corrected chi connectivity index (χ2v) is 10.3. The van der Waals surface area contributed by atoms with Crippen LogP contribution >= 0.6 is 10.8 Å². The molecule has 3 aromatic carbocycles. The number of hydrogen-bond acceptors (Lipinski definition) is 6. The van der Waals surface area contributed by atoms with Crippen LogP contribution in [0.15, 0.2) is 65.6 Å². The van der Waals surface area contributed by atoms with Crippen molar-refractivity contribution in [2.75, 3.05) is 33.0 Å². The smallest absolute Gasteiger partial charge is 0.231 e. The van der Waals surface area contributed by atoms with Crippen LogP contribution in [-0.4, -0.2) is 51.3 Å². The van der Waals surface area contributed by atoms with E-state index in [9.17, 15) is 9.11 Å². The number of rotatable bonds is 11. The molecule has 4 rings (SSSR count). The molecule has 6 nitrogen and oxygen atoms in total. The summed E-state index contributed by atoms with van der Waals surface area (Å²) in [7, 11) is -3.20. The molecule has 0 bridgehead atoms. The molecule has 0 radical (unpaired) electrons. The van der Waals surface area contributed by atoms with Gasteiger partial charge in [-0.3, -0.25) is 9.11 Å². The molecule has 33 heavy (non-hydrogen) atoms. The van der Waals surface area contributed by atoms with Gasteiger partial charge in [-0.05, 0) is 61.4 Å². The lowest BCUT2D eigenvalue weighted by Crippen LogP contribution is -2.30. The zero-order valence-corrected chi connectivity index (χ0v) is 20.3. The van der Waals surface area contributed by atoms with Crippen LogP contribution in [-0.2, 0) is 6.54 Å². The lowest BCUT2D eigenvalue weighted by Gasteiger charge is -2.43. The van der Waals surface area contributed by atoms with Crippen molar-refractivity contribution in [1.82, 2.24) is 9.21 Å². The number of hydrogen-bond donors (Lipinski definition) is 2. The molecule has 0 saturated heterocycles. The van der Waals surface area contributed by atoms with Crippen LogP contribution in [0.5, 0.6) is 11.5 Å². The molecule has 1 aliphatic heterocycles. The van der Waals surface area contributed by atoms with E-state index >= 15 is 0 Å². The lowest BCUT2D eigenvalue weighted by atomic mass is 10.1. The van der Waals surface area contributed by atoms with Crippen LogP contribution in [0.1, 0.15) is 32.3 Å². The fourth-order valence-corrected chi connectivity index (χ4v) is 5.79. The Hall–Kier alpha value is -2.29. The molecule has 0 atom stereocenters. The van der Waals surface area contributed by atoms with Crippen molar-refractivity contribution in [3.63, 3.8) is 0 Å². The van der Waals surface area contributed by atoms with Crippen molar-refractivity contribution in [3.8, 4) is 11.5 Å². The van der Waals surface area contributed by atoms with Gasteiger partial charge in [0.2, 0.25) is 6.79 Å². The maximum atomic E-state index is 11.5. The molecule has 1 aliphatic rings. The Labute approximate surface area is 198 Å². The highest BCUT2D eigenvalue weighted by Crippen LogP contribution is 2.53. The second kappa shape index (κ2) is 10.8. The monoisotopic (exact) mass is 470 g/mol. The SMILES string of the molecule is CCN(CC)CCCCN(Cc1cccc2c1OCO2)S(O)(O)c1ccc2ccccc2c1. The van der Waals surface area contributed by atoms with E-state index in [-0.39, 0.29) is 6.79 Å². The molecule has 0 saturated carbocycles. The van der Waals surface area contributed by atoms with Crippen molar-refractivity contribution in [3.05, 3.63) is 66.2 Å². The van der Waals surface area contributed by atoms with E-state index in [1.807, 2.05) is 60.7 Å². The molecule has 0 spiro atoms. The molecule has 3 aromatic rings. The first-order valence-corrected chi connectivity index (χ1v) is 13.1. The molecule has 0 aliphatic carbocycles. The van der Waals surface area contributed by atoms with Crippen molar-refractivity contribution in [1.29, 1.82) is 0 Å². The summed E-state index contributed by atoms with van der Waals surface area (Å²) in [5, 5.41) is 2.07. The molecule has 0 aromatic heterocycles. The van der Waals surface area contributed by atoms with E-state index in [0.29, 0.717) is 29.5 Å². The van der Waals surface area contributed by atoms with Crippen LogP contribution in [0, 0.1) is 0 Å². The van der Waals surface area contributed by atoms with Crippen LogP contribution in [0.25, 0.3) is 10.8 Å². The Kier molecular flexibility index (Phi) is 7.78. The van der Waals surface area contributed by atoms with Gasteiger partial charge in [0.15, 0.2) is 11.5 Å². The highest BCUT2D eigenvalue weighted by molar-refractivity contribution is 8.22. The highest BCUT2D eigenvalue weighted by atomic mass is 32.3. The molecular weight excluding hydrogens is 436 g/mol. The number of ether oxygens (including phenoxy) is 2. The minimum atomic E-state index is -3.20. The largest absolute Gasteiger partial charge is 0.454 e. The molecule has 0 fully saturated rings. The summed E-state index contributed by atoms with van der Waals surface area (Å²) in [6, 6.07) is 19.4. The molecule has 2 N–H and O–H groups in total. The van der Waals surface area contributed by atoms with Crippen LogP contribution in [0.3, 0.4) is 0 Å². The van der Waals surface area contributed by atoms with E-state index in [1.165, 1.54) is 0 Å². The Morgan fingerprint density at radius 3 is 2.39 bits per heavy atom. The summed E-state index contributed by atoms with van der Waals surface area (Å²) in [6.45, 7) is 8.53. The molecular formula is C26H34N2O4S. The minimum absolute atomic E-state index is 0.192. The molecule has 7 heteroatoms. The Morgan fingerprint density at radius 2 is 1.61 bits per heavy atom. The fraction of sp³-hybridized carbons (Fsp3) is 0.385. The first-order valence-electron chi connectivity index (χ1n) is 11.6. The number of benzene rings is 3. The molecule has 1 heterocycles. The van der Waals surface area contributed by atoms with Crippen molar-refractivity contribution < 1.29 is 18.6 Å². The molecule has 178 valence electrons. The third kappa shape index (κ3) is 5.45. The zero-order valence-electron chi connectivity index (χ0n) is 19.4. The van der Waals surface area contributed by atoms with E-state index in [4.69, 9.17) is 9.47 Å². The number of unbranched alkanes of at least 4 members (excludes halogenated alkanes) is 1. The first kappa shape index (κ1) is 23.9. The summed E-state index contributed by atoms with van der Waals surface area (Å²) in [5.41, 5.74) is 0.898. The van der Waals surface area contributed by atoms with Crippen molar-refractivity contribution >= 4 is 21.5 Å². The van der Waals surface area contributed by atoms with Gasteiger partial charge < -0.3 is 14.4 Å². The van der Waals surface area contributed by atoms with Gasteiger partial charge in [-0.2, -0.15) is 4.31 Å². The predicted molar refractivity (Wildman–Crippen MR) is 135 cm³/mol. The Morgan fingerprint density at radius 1 is 0.848 bits per heavy atom. The zero-order chi connectivity index (χ0) is 23.3. The van der Waals surface area contributed by atoms with Crippen molar-refractivity contribution in [2.45, 2.75) is 38.1 Å². The van der Waals surface area contributed by atoms with Crippen LogP contribution in [0.4, 0.5) is 0 Å². The Bertz CT molecular complexity index is 1070. The maximum Gasteiger partial charge on any atom is 0.231 e. The molecule has 0 unspecified atom stereocenters. The van der Waals surface area contributed by atoms with Gasteiger partial charge in [-0.25, -0.2) is 0 Å². The first-order chi connectivity index (χ1) is 16.0. The quantitative estimate of drug-likeness (QED) is 0.325. The average molecular weight is 471 g/mol. The number of para-hydroxylation sites is 1. The summed E-state index contributed by atoms with van der Waals surface area (Å²) >= 11 is 0. The third-order valence-electron chi connectivity index (χ3n) is 6.25. The van der Waals surface area contributed by atoms with Gasteiger partial charge >= 0.3 is 0 Å². The molecule has 0 amide bonds.